The first-order valence-corrected chi connectivity index (χ1v) is 15.3. The van der Waals surface area contributed by atoms with Gasteiger partial charge in [-0.1, -0.05) is 36.4 Å². The molecule has 13 heteroatoms. The number of carboxylic acid groups (broad SMARTS) is 1. The number of amides is 3. The van der Waals surface area contributed by atoms with E-state index >= 15 is 0 Å². The second-order valence-electron chi connectivity index (χ2n) is 11.7. The average molecular weight is 625 g/mol. The van der Waals surface area contributed by atoms with Gasteiger partial charge in [0.1, 0.15) is 18.1 Å². The van der Waals surface area contributed by atoms with Crippen molar-refractivity contribution in [3.63, 3.8) is 0 Å². The SMILES string of the molecule is NC(Cc1c[nH]c2ccccc12)C(=O)N1CCCC1C(=O)NC(Cc1c[nH]c2ccccc12)C(=O)NC(Cc1cnc[nH]1)C(=O)O. The van der Waals surface area contributed by atoms with Crippen molar-refractivity contribution >= 4 is 45.5 Å². The summed E-state index contributed by atoms with van der Waals surface area (Å²) < 4.78 is 0. The number of carbonyl (C=O) groups excluding carboxylic acids is 3. The topological polar surface area (TPSA) is 202 Å². The number of para-hydroxylation sites is 2. The molecule has 1 aliphatic rings. The van der Waals surface area contributed by atoms with Crippen LogP contribution in [0.3, 0.4) is 0 Å². The van der Waals surface area contributed by atoms with Crippen LogP contribution in [0, 0.1) is 0 Å². The molecule has 1 fully saturated rings. The Hall–Kier alpha value is -5.43. The van der Waals surface area contributed by atoms with E-state index in [2.05, 4.69) is 30.6 Å². The summed E-state index contributed by atoms with van der Waals surface area (Å²) in [6, 6.07) is 11.3. The van der Waals surface area contributed by atoms with Gasteiger partial charge in [0.05, 0.1) is 12.4 Å². The van der Waals surface area contributed by atoms with E-state index < -0.39 is 42.0 Å². The summed E-state index contributed by atoms with van der Waals surface area (Å²) in [5.41, 5.74) is 10.4. The smallest absolute Gasteiger partial charge is 0.326 e. The molecule has 5 aromatic rings. The lowest BCUT2D eigenvalue weighted by molar-refractivity contribution is -0.143. The molecule has 0 saturated carbocycles. The Balaban J connectivity index is 1.19. The van der Waals surface area contributed by atoms with Crippen molar-refractivity contribution in [1.82, 2.24) is 35.5 Å². The van der Waals surface area contributed by atoms with Crippen LogP contribution in [-0.2, 0) is 38.4 Å². The molecule has 0 radical (unpaired) electrons. The number of H-pyrrole nitrogens is 3. The molecule has 13 nitrogen and oxygen atoms in total. The molecule has 4 heterocycles. The molecule has 46 heavy (non-hydrogen) atoms. The number of aromatic amines is 3. The van der Waals surface area contributed by atoms with E-state index in [0.29, 0.717) is 31.5 Å². The van der Waals surface area contributed by atoms with Gasteiger partial charge in [-0.15, -0.1) is 0 Å². The molecule has 4 unspecified atom stereocenters. The van der Waals surface area contributed by atoms with E-state index in [4.69, 9.17) is 5.73 Å². The Morgan fingerprint density at radius 3 is 2.17 bits per heavy atom. The summed E-state index contributed by atoms with van der Waals surface area (Å²) >= 11 is 0. The van der Waals surface area contributed by atoms with Gasteiger partial charge in [-0.25, -0.2) is 9.78 Å². The van der Waals surface area contributed by atoms with Gasteiger partial charge in [-0.3, -0.25) is 14.4 Å². The molecule has 1 saturated heterocycles. The van der Waals surface area contributed by atoms with Crippen LogP contribution in [-0.4, -0.2) is 84.3 Å². The fourth-order valence-corrected chi connectivity index (χ4v) is 6.23. The van der Waals surface area contributed by atoms with Gasteiger partial charge >= 0.3 is 5.97 Å². The third-order valence-electron chi connectivity index (χ3n) is 8.60. The zero-order valence-electron chi connectivity index (χ0n) is 25.0. The number of aliphatic carboxylic acids is 1. The van der Waals surface area contributed by atoms with Crippen molar-refractivity contribution in [2.24, 2.45) is 5.73 Å². The third-order valence-corrected chi connectivity index (χ3v) is 8.60. The van der Waals surface area contributed by atoms with Crippen LogP contribution in [0.4, 0.5) is 0 Å². The van der Waals surface area contributed by atoms with E-state index in [0.717, 1.165) is 32.9 Å². The standard InChI is InChI=1S/C33H36N8O5/c34-24(12-19-15-36-25-8-3-1-6-22(19)25)32(44)41-11-5-10-29(41)31(43)39-27(13-20-16-37-26-9-4-2-7-23(20)26)30(42)40-28(33(45)46)14-21-17-35-18-38-21/h1-4,6-9,15-18,24,27-29,36-37H,5,10-14,34H2,(H,35,38)(H,39,43)(H,40,42)(H,45,46). The number of carbonyl (C=O) groups is 4. The predicted molar refractivity (Wildman–Crippen MR) is 171 cm³/mol. The van der Waals surface area contributed by atoms with E-state index in [1.807, 2.05) is 54.7 Å². The number of likely N-dealkylation sites (tertiary alicyclic amines) is 1. The molecule has 3 amide bonds. The first-order valence-electron chi connectivity index (χ1n) is 15.3. The first-order chi connectivity index (χ1) is 22.3. The lowest BCUT2D eigenvalue weighted by Crippen LogP contribution is -2.57. The molecule has 2 aromatic carbocycles. The Morgan fingerprint density at radius 1 is 0.891 bits per heavy atom. The monoisotopic (exact) mass is 624 g/mol. The largest absolute Gasteiger partial charge is 0.480 e. The van der Waals surface area contributed by atoms with Crippen molar-refractivity contribution in [3.8, 4) is 0 Å². The Bertz CT molecular complexity index is 1860. The van der Waals surface area contributed by atoms with Gasteiger partial charge in [0.2, 0.25) is 17.7 Å². The zero-order chi connectivity index (χ0) is 32.2. The zero-order valence-corrected chi connectivity index (χ0v) is 25.0. The van der Waals surface area contributed by atoms with Crippen LogP contribution in [0.25, 0.3) is 21.8 Å². The number of carboxylic acids is 1. The van der Waals surface area contributed by atoms with Gasteiger partial charge in [0, 0.05) is 65.5 Å². The second kappa shape index (κ2) is 13.3. The number of benzene rings is 2. The highest BCUT2D eigenvalue weighted by atomic mass is 16.4. The first kappa shape index (κ1) is 30.6. The summed E-state index contributed by atoms with van der Waals surface area (Å²) in [5.74, 6) is -2.72. The molecule has 8 N–H and O–H groups in total. The number of nitrogens with two attached hydrogens (primary N) is 1. The molecule has 0 aliphatic carbocycles. The Kier molecular flexibility index (Phi) is 8.83. The maximum atomic E-state index is 13.8. The molecular formula is C33H36N8O5. The van der Waals surface area contributed by atoms with E-state index in [1.54, 1.807) is 6.20 Å². The van der Waals surface area contributed by atoms with Crippen LogP contribution < -0.4 is 16.4 Å². The minimum absolute atomic E-state index is 0.0198. The van der Waals surface area contributed by atoms with E-state index in [-0.39, 0.29) is 18.7 Å². The lowest BCUT2D eigenvalue weighted by atomic mass is 10.0. The van der Waals surface area contributed by atoms with Gasteiger partial charge in [0.15, 0.2) is 0 Å². The molecule has 0 spiro atoms. The fraction of sp³-hybridized carbons (Fsp3) is 0.303. The van der Waals surface area contributed by atoms with Gasteiger partial charge in [-0.2, -0.15) is 0 Å². The third kappa shape index (κ3) is 6.49. The summed E-state index contributed by atoms with van der Waals surface area (Å²) in [5, 5.41) is 17.1. The molecule has 3 aromatic heterocycles. The molecule has 4 atom stereocenters. The second-order valence-corrected chi connectivity index (χ2v) is 11.7. The fourth-order valence-electron chi connectivity index (χ4n) is 6.23. The highest BCUT2D eigenvalue weighted by Crippen LogP contribution is 2.23. The minimum atomic E-state index is -1.26. The van der Waals surface area contributed by atoms with Gasteiger partial charge in [-0.05, 0) is 42.5 Å². The summed E-state index contributed by atoms with van der Waals surface area (Å²) in [4.78, 5) is 67.7. The number of fused-ring (bicyclic) bond motifs is 2. The van der Waals surface area contributed by atoms with Crippen molar-refractivity contribution < 1.29 is 24.3 Å². The predicted octanol–water partition coefficient (Wildman–Crippen LogP) is 1.77. The quantitative estimate of drug-likeness (QED) is 0.110. The molecular weight excluding hydrogens is 588 g/mol. The molecule has 6 rings (SSSR count). The van der Waals surface area contributed by atoms with Crippen LogP contribution in [0.15, 0.2) is 73.4 Å². The van der Waals surface area contributed by atoms with Crippen LogP contribution in [0.2, 0.25) is 0 Å². The molecule has 1 aliphatic heterocycles. The van der Waals surface area contributed by atoms with Crippen LogP contribution >= 0.6 is 0 Å². The van der Waals surface area contributed by atoms with Crippen LogP contribution in [0.1, 0.15) is 29.7 Å². The van der Waals surface area contributed by atoms with Crippen molar-refractivity contribution in [2.75, 3.05) is 6.54 Å². The number of hydrogen-bond donors (Lipinski definition) is 7. The number of hydrogen-bond acceptors (Lipinski definition) is 6. The van der Waals surface area contributed by atoms with Gasteiger partial charge < -0.3 is 41.3 Å². The number of imidazole rings is 1. The summed E-state index contributed by atoms with van der Waals surface area (Å²) in [7, 11) is 0. The van der Waals surface area contributed by atoms with Crippen molar-refractivity contribution in [1.29, 1.82) is 0 Å². The number of rotatable bonds is 12. The maximum absolute atomic E-state index is 13.8. The van der Waals surface area contributed by atoms with E-state index in [9.17, 15) is 24.3 Å². The summed E-state index contributed by atoms with van der Waals surface area (Å²) in [6.07, 6.45) is 7.92. The normalized spacial score (nSPS) is 16.7. The van der Waals surface area contributed by atoms with Crippen molar-refractivity contribution in [3.05, 3.63) is 90.3 Å². The Morgan fingerprint density at radius 2 is 1.54 bits per heavy atom. The van der Waals surface area contributed by atoms with Crippen molar-refractivity contribution in [2.45, 2.75) is 56.3 Å². The highest BCUT2D eigenvalue weighted by molar-refractivity contribution is 5.95. The average Bonchev–Trinajstić information content (AvgIpc) is 3.88. The number of aromatic nitrogens is 4. The van der Waals surface area contributed by atoms with Crippen LogP contribution in [0.5, 0.6) is 0 Å². The lowest BCUT2D eigenvalue weighted by Gasteiger charge is -2.28. The van der Waals surface area contributed by atoms with Gasteiger partial charge in [0.25, 0.3) is 0 Å². The Labute approximate surface area is 263 Å². The maximum Gasteiger partial charge on any atom is 0.326 e. The molecule has 238 valence electrons. The number of nitrogens with one attached hydrogen (secondary N) is 5. The minimum Gasteiger partial charge on any atom is -0.480 e. The summed E-state index contributed by atoms with van der Waals surface area (Å²) in [6.45, 7) is 0.364. The number of nitrogens with zero attached hydrogens (tertiary/aromatic N) is 2. The van der Waals surface area contributed by atoms with E-state index in [1.165, 1.54) is 17.4 Å². The molecule has 0 bridgehead atoms. The highest BCUT2D eigenvalue weighted by Gasteiger charge is 2.38.